The Labute approximate surface area is 181 Å². The van der Waals surface area contributed by atoms with Gasteiger partial charge in [-0.2, -0.15) is 0 Å². The maximum atomic E-state index is 11.5. The average Bonchev–Trinajstić information content (AvgIpc) is 2.80. The van der Waals surface area contributed by atoms with Gasteiger partial charge in [-0.05, 0) is 81.6 Å². The number of Topliss-reactive ketones (excluding diaryl/α,β-unsaturated/α-hetero) is 1. The molecule has 0 amide bonds. The van der Waals surface area contributed by atoms with Crippen LogP contribution in [0.25, 0.3) is 0 Å². The van der Waals surface area contributed by atoms with Gasteiger partial charge in [0.05, 0.1) is 0 Å². The molecule has 2 aromatic carbocycles. The Hall–Kier alpha value is -2.17. The summed E-state index contributed by atoms with van der Waals surface area (Å²) in [7, 11) is 0. The molecular weight excluding hydrogens is 370 g/mol. The van der Waals surface area contributed by atoms with Crippen molar-refractivity contribution in [2.24, 2.45) is 5.92 Å². The molecule has 0 aliphatic carbocycles. The number of piperidine rings is 1. The van der Waals surface area contributed by atoms with Crippen LogP contribution in [0.2, 0.25) is 0 Å². The summed E-state index contributed by atoms with van der Waals surface area (Å²) in [6, 6.07) is 19.0. The third-order valence-electron chi connectivity index (χ3n) is 6.82. The number of carbonyl (C=O) groups excluding carboxylic acids is 1. The second-order valence-corrected chi connectivity index (χ2v) is 8.93. The normalized spacial score (nSPS) is 19.2. The molecule has 0 unspecified atom stereocenters. The summed E-state index contributed by atoms with van der Waals surface area (Å²) >= 11 is 0. The van der Waals surface area contributed by atoms with Gasteiger partial charge in [0.15, 0.2) is 5.78 Å². The molecule has 2 aliphatic heterocycles. The topological polar surface area (TPSA) is 26.8 Å². The standard InChI is InChI=1S/C26H35N3O/c1-22(30)25-7-9-26(10-8-25)29-19-17-27(18-20-29)14-11-23-12-15-28(16-13-23)21-24-5-3-2-4-6-24/h2-10,23H,11-21H2,1H3. The number of ketones is 1. The fraction of sp³-hybridized carbons (Fsp3) is 0.500. The van der Waals surface area contributed by atoms with Gasteiger partial charge in [0.1, 0.15) is 0 Å². The second-order valence-electron chi connectivity index (χ2n) is 8.93. The predicted molar refractivity (Wildman–Crippen MR) is 124 cm³/mol. The number of benzene rings is 2. The Morgan fingerprint density at radius 1 is 0.833 bits per heavy atom. The monoisotopic (exact) mass is 405 g/mol. The van der Waals surface area contributed by atoms with Gasteiger partial charge < -0.3 is 4.90 Å². The van der Waals surface area contributed by atoms with Gasteiger partial charge in [-0.15, -0.1) is 0 Å². The van der Waals surface area contributed by atoms with Gasteiger partial charge >= 0.3 is 0 Å². The van der Waals surface area contributed by atoms with Crippen molar-refractivity contribution in [1.29, 1.82) is 0 Å². The highest BCUT2D eigenvalue weighted by molar-refractivity contribution is 5.94. The number of carbonyl (C=O) groups is 1. The molecule has 0 N–H and O–H groups in total. The van der Waals surface area contributed by atoms with Crippen LogP contribution in [0.15, 0.2) is 54.6 Å². The summed E-state index contributed by atoms with van der Waals surface area (Å²) in [6.45, 7) is 10.9. The molecule has 4 heteroatoms. The van der Waals surface area contributed by atoms with Crippen molar-refractivity contribution >= 4 is 11.5 Å². The van der Waals surface area contributed by atoms with Crippen LogP contribution in [0.3, 0.4) is 0 Å². The van der Waals surface area contributed by atoms with Gasteiger partial charge in [-0.25, -0.2) is 0 Å². The van der Waals surface area contributed by atoms with Gasteiger partial charge in [-0.1, -0.05) is 30.3 Å². The number of anilines is 1. The lowest BCUT2D eigenvalue weighted by Gasteiger charge is -2.37. The van der Waals surface area contributed by atoms with Crippen LogP contribution in [0.1, 0.15) is 42.1 Å². The van der Waals surface area contributed by atoms with Crippen molar-refractivity contribution in [3.63, 3.8) is 0 Å². The summed E-state index contributed by atoms with van der Waals surface area (Å²) in [5.41, 5.74) is 3.47. The van der Waals surface area contributed by atoms with Gasteiger partial charge in [0.2, 0.25) is 0 Å². The van der Waals surface area contributed by atoms with Crippen molar-refractivity contribution in [3.05, 3.63) is 65.7 Å². The van der Waals surface area contributed by atoms with Crippen LogP contribution in [0, 0.1) is 5.92 Å². The number of piperazine rings is 1. The lowest BCUT2D eigenvalue weighted by Crippen LogP contribution is -2.47. The van der Waals surface area contributed by atoms with E-state index in [0.29, 0.717) is 0 Å². The second kappa shape index (κ2) is 10.2. The molecule has 2 fully saturated rings. The van der Waals surface area contributed by atoms with Crippen LogP contribution in [0.4, 0.5) is 5.69 Å². The summed E-state index contributed by atoms with van der Waals surface area (Å²) in [5, 5.41) is 0. The van der Waals surface area contributed by atoms with Crippen molar-refractivity contribution < 1.29 is 4.79 Å². The molecule has 0 aromatic heterocycles. The van der Waals surface area contributed by atoms with E-state index in [2.05, 4.69) is 57.2 Å². The van der Waals surface area contributed by atoms with Crippen LogP contribution in [-0.2, 0) is 6.54 Å². The third kappa shape index (κ3) is 5.71. The summed E-state index contributed by atoms with van der Waals surface area (Å²) in [6.07, 6.45) is 4.02. The molecule has 2 heterocycles. The van der Waals surface area contributed by atoms with E-state index < -0.39 is 0 Å². The molecule has 2 aromatic rings. The van der Waals surface area contributed by atoms with E-state index in [4.69, 9.17) is 0 Å². The van der Waals surface area contributed by atoms with E-state index in [9.17, 15) is 4.79 Å². The molecule has 2 aliphatic rings. The first kappa shape index (κ1) is 21.1. The maximum Gasteiger partial charge on any atom is 0.159 e. The SMILES string of the molecule is CC(=O)c1ccc(N2CCN(CCC3CCN(Cc4ccccc4)CC3)CC2)cc1. The maximum absolute atomic E-state index is 11.5. The summed E-state index contributed by atoms with van der Waals surface area (Å²) in [4.78, 5) is 19.2. The minimum Gasteiger partial charge on any atom is -0.369 e. The first-order valence-corrected chi connectivity index (χ1v) is 11.5. The molecule has 0 saturated carbocycles. The predicted octanol–water partition coefficient (Wildman–Crippen LogP) is 4.31. The fourth-order valence-corrected chi connectivity index (χ4v) is 4.78. The van der Waals surface area contributed by atoms with Crippen LogP contribution in [0.5, 0.6) is 0 Å². The lowest BCUT2D eigenvalue weighted by molar-refractivity contribution is 0.101. The fourth-order valence-electron chi connectivity index (χ4n) is 4.78. The van der Waals surface area contributed by atoms with E-state index in [-0.39, 0.29) is 5.78 Å². The van der Waals surface area contributed by atoms with Gasteiger partial charge in [-0.3, -0.25) is 14.6 Å². The first-order valence-electron chi connectivity index (χ1n) is 11.5. The van der Waals surface area contributed by atoms with Gasteiger partial charge in [0.25, 0.3) is 0 Å². The Kier molecular flexibility index (Phi) is 7.19. The number of likely N-dealkylation sites (tertiary alicyclic amines) is 1. The molecule has 160 valence electrons. The zero-order valence-electron chi connectivity index (χ0n) is 18.3. The number of nitrogens with zero attached hydrogens (tertiary/aromatic N) is 3. The minimum atomic E-state index is 0.136. The Balaban J connectivity index is 1.14. The summed E-state index contributed by atoms with van der Waals surface area (Å²) < 4.78 is 0. The van der Waals surface area contributed by atoms with E-state index >= 15 is 0 Å². The first-order chi connectivity index (χ1) is 14.7. The van der Waals surface area contributed by atoms with Crippen molar-refractivity contribution in [2.45, 2.75) is 32.7 Å². The number of hydrogen-bond acceptors (Lipinski definition) is 4. The molecule has 0 radical (unpaired) electrons. The molecule has 30 heavy (non-hydrogen) atoms. The third-order valence-corrected chi connectivity index (χ3v) is 6.82. The van der Waals surface area contributed by atoms with E-state index in [0.717, 1.165) is 44.2 Å². The van der Waals surface area contributed by atoms with Crippen molar-refractivity contribution in [3.8, 4) is 0 Å². The Morgan fingerprint density at radius 2 is 1.50 bits per heavy atom. The van der Waals surface area contributed by atoms with Crippen LogP contribution < -0.4 is 4.90 Å². The van der Waals surface area contributed by atoms with E-state index in [1.165, 1.54) is 50.1 Å². The zero-order chi connectivity index (χ0) is 20.8. The number of rotatable bonds is 7. The average molecular weight is 406 g/mol. The lowest BCUT2D eigenvalue weighted by atomic mass is 9.93. The van der Waals surface area contributed by atoms with Crippen LogP contribution >= 0.6 is 0 Å². The molecule has 4 rings (SSSR count). The molecule has 0 spiro atoms. The van der Waals surface area contributed by atoms with Crippen LogP contribution in [-0.4, -0.2) is 61.4 Å². The highest BCUT2D eigenvalue weighted by Gasteiger charge is 2.22. The van der Waals surface area contributed by atoms with Crippen molar-refractivity contribution in [1.82, 2.24) is 9.80 Å². The molecular formula is C26H35N3O. The summed E-state index contributed by atoms with van der Waals surface area (Å²) in [5.74, 6) is 1.02. The number of hydrogen-bond donors (Lipinski definition) is 0. The van der Waals surface area contributed by atoms with Gasteiger partial charge in [0, 0.05) is 44.0 Å². The zero-order valence-corrected chi connectivity index (χ0v) is 18.3. The minimum absolute atomic E-state index is 0.136. The Morgan fingerprint density at radius 3 is 2.13 bits per heavy atom. The highest BCUT2D eigenvalue weighted by atomic mass is 16.1. The van der Waals surface area contributed by atoms with Crippen molar-refractivity contribution in [2.75, 3.05) is 50.7 Å². The molecule has 0 atom stereocenters. The largest absolute Gasteiger partial charge is 0.369 e. The quantitative estimate of drug-likeness (QED) is 0.641. The van der Waals surface area contributed by atoms with E-state index in [1.54, 1.807) is 6.92 Å². The molecule has 0 bridgehead atoms. The molecule has 4 nitrogen and oxygen atoms in total. The smallest absolute Gasteiger partial charge is 0.159 e. The Bertz CT molecular complexity index is 789. The van der Waals surface area contributed by atoms with E-state index in [1.807, 2.05) is 12.1 Å². The molecule has 2 saturated heterocycles. The highest BCUT2D eigenvalue weighted by Crippen LogP contribution is 2.23.